The first-order valence-corrected chi connectivity index (χ1v) is 22.4. The van der Waals surface area contributed by atoms with Crippen molar-refractivity contribution in [3.8, 4) is 44.5 Å². The summed E-state index contributed by atoms with van der Waals surface area (Å²) in [6.07, 6.45) is 4.72. The molecule has 1 aliphatic carbocycles. The number of nitrogens with zero attached hydrogens (tertiary/aromatic N) is 1. The predicted octanol–water partition coefficient (Wildman–Crippen LogP) is 17.3. The number of hydrogen-bond donors (Lipinski definition) is 0. The van der Waals surface area contributed by atoms with Gasteiger partial charge in [-0.2, -0.15) is 0 Å². The molecule has 0 aromatic heterocycles. The first-order chi connectivity index (χ1) is 31.2. The van der Waals surface area contributed by atoms with Crippen LogP contribution in [0.2, 0.25) is 0 Å². The molecule has 0 saturated carbocycles. The summed E-state index contributed by atoms with van der Waals surface area (Å²) < 4.78 is 0. The maximum Gasteiger partial charge on any atom is 0.0546 e. The standard InChI is InChI=1S/C62H45N/c1-3-18-44(19-4-1)58-41-62(59(45-20-5-2-6-21-45)40-60(58)55-29-15-28-53-51-25-12-11-22-46(51)33-35-56(53)55)63(50-34-32-43-17-8-10-24-48(43)39-50)61-37-36-52(54-26-13-14-27-57(54)61)49-31-30-42-16-7-9-23-47(42)38-49/h1-7,9,11-16,18-23,25-41H,8,10,17,24H2. The largest absolute Gasteiger partial charge is 0.309 e. The van der Waals surface area contributed by atoms with E-state index < -0.39 is 0 Å². The van der Waals surface area contributed by atoms with E-state index in [9.17, 15) is 0 Å². The summed E-state index contributed by atoms with van der Waals surface area (Å²) in [7, 11) is 0. The highest BCUT2D eigenvalue weighted by atomic mass is 15.1. The minimum atomic E-state index is 1.11. The minimum absolute atomic E-state index is 1.11. The van der Waals surface area contributed by atoms with Crippen molar-refractivity contribution in [2.75, 3.05) is 4.90 Å². The summed E-state index contributed by atoms with van der Waals surface area (Å²) >= 11 is 0. The summed E-state index contributed by atoms with van der Waals surface area (Å²) in [5.74, 6) is 0. The summed E-state index contributed by atoms with van der Waals surface area (Å²) in [5, 5.41) is 10.00. The van der Waals surface area contributed by atoms with Crippen LogP contribution in [0.5, 0.6) is 0 Å². The molecule has 0 radical (unpaired) electrons. The van der Waals surface area contributed by atoms with Gasteiger partial charge >= 0.3 is 0 Å². The molecule has 63 heavy (non-hydrogen) atoms. The number of rotatable bonds is 7. The number of benzene rings is 11. The van der Waals surface area contributed by atoms with Crippen molar-refractivity contribution in [3.63, 3.8) is 0 Å². The SMILES string of the molecule is c1ccc(-c2cc(N(c3ccc4c(c3)CCCC4)c3ccc(-c4ccc5ccccc5c4)c4ccccc34)c(-c3ccccc3)cc2-c2cccc3c2ccc2ccccc23)cc1. The Labute approximate surface area is 369 Å². The second-order valence-corrected chi connectivity index (χ2v) is 17.1. The molecule has 0 saturated heterocycles. The third-order valence-electron chi connectivity index (χ3n) is 13.4. The second-order valence-electron chi connectivity index (χ2n) is 17.1. The maximum atomic E-state index is 2.57. The zero-order chi connectivity index (χ0) is 41.7. The second kappa shape index (κ2) is 15.6. The molecule has 0 spiro atoms. The lowest BCUT2D eigenvalue weighted by Crippen LogP contribution is -2.14. The van der Waals surface area contributed by atoms with Crippen LogP contribution in [0.4, 0.5) is 17.1 Å². The van der Waals surface area contributed by atoms with Gasteiger partial charge in [-0.05, 0) is 150 Å². The monoisotopic (exact) mass is 803 g/mol. The van der Waals surface area contributed by atoms with Gasteiger partial charge in [0.1, 0.15) is 0 Å². The normalized spacial score (nSPS) is 12.5. The lowest BCUT2D eigenvalue weighted by Gasteiger charge is -2.32. The van der Waals surface area contributed by atoms with E-state index in [1.54, 1.807) is 0 Å². The van der Waals surface area contributed by atoms with E-state index in [2.05, 4.69) is 229 Å². The first kappa shape index (κ1) is 37.1. The number of fused-ring (bicyclic) bond motifs is 6. The Balaban J connectivity index is 1.16. The van der Waals surface area contributed by atoms with Crippen molar-refractivity contribution in [2.45, 2.75) is 25.7 Å². The molecule has 1 nitrogen and oxygen atoms in total. The number of anilines is 3. The van der Waals surface area contributed by atoms with Crippen LogP contribution < -0.4 is 4.90 Å². The summed E-state index contributed by atoms with van der Waals surface area (Å²) in [4.78, 5) is 2.57. The van der Waals surface area contributed by atoms with E-state index in [4.69, 9.17) is 0 Å². The van der Waals surface area contributed by atoms with Gasteiger partial charge in [0.2, 0.25) is 0 Å². The van der Waals surface area contributed by atoms with Crippen molar-refractivity contribution in [1.29, 1.82) is 0 Å². The molecule has 0 atom stereocenters. The molecule has 1 heteroatoms. The van der Waals surface area contributed by atoms with E-state index >= 15 is 0 Å². The molecule has 0 heterocycles. The average molecular weight is 804 g/mol. The van der Waals surface area contributed by atoms with Gasteiger partial charge in [0.15, 0.2) is 0 Å². The van der Waals surface area contributed by atoms with Crippen LogP contribution in [0.25, 0.3) is 87.6 Å². The molecule has 11 aromatic carbocycles. The molecule has 11 aromatic rings. The molecule has 0 N–H and O–H groups in total. The Bertz CT molecular complexity index is 3510. The molecule has 1 aliphatic rings. The van der Waals surface area contributed by atoms with Crippen LogP contribution >= 0.6 is 0 Å². The van der Waals surface area contributed by atoms with Crippen molar-refractivity contribution in [1.82, 2.24) is 0 Å². The van der Waals surface area contributed by atoms with Gasteiger partial charge in [0, 0.05) is 16.6 Å². The highest BCUT2D eigenvalue weighted by Crippen LogP contribution is 2.50. The zero-order valence-electron chi connectivity index (χ0n) is 35.1. The van der Waals surface area contributed by atoms with Crippen LogP contribution in [0.15, 0.2) is 224 Å². The Morgan fingerprint density at radius 3 is 1.71 bits per heavy atom. The Kier molecular flexibility index (Phi) is 9.19. The van der Waals surface area contributed by atoms with Crippen molar-refractivity contribution in [3.05, 3.63) is 236 Å². The molecule has 0 amide bonds. The predicted molar refractivity (Wildman–Crippen MR) is 270 cm³/mol. The third-order valence-corrected chi connectivity index (χ3v) is 13.4. The smallest absolute Gasteiger partial charge is 0.0546 e. The molecule has 0 fully saturated rings. The van der Waals surface area contributed by atoms with Crippen LogP contribution in [0.1, 0.15) is 24.0 Å². The van der Waals surface area contributed by atoms with Gasteiger partial charge in [-0.3, -0.25) is 0 Å². The highest BCUT2D eigenvalue weighted by Gasteiger charge is 2.25. The van der Waals surface area contributed by atoms with Crippen LogP contribution in [-0.4, -0.2) is 0 Å². The minimum Gasteiger partial charge on any atom is -0.309 e. The topological polar surface area (TPSA) is 3.24 Å². The number of hydrogen-bond acceptors (Lipinski definition) is 1. The lowest BCUT2D eigenvalue weighted by atomic mass is 9.86. The van der Waals surface area contributed by atoms with Gasteiger partial charge < -0.3 is 4.90 Å². The quantitative estimate of drug-likeness (QED) is 0.145. The van der Waals surface area contributed by atoms with Gasteiger partial charge in [-0.1, -0.05) is 188 Å². The Hall–Kier alpha value is -7.74. The fourth-order valence-corrected chi connectivity index (χ4v) is 10.3. The van der Waals surface area contributed by atoms with Crippen molar-refractivity contribution >= 4 is 60.2 Å². The molecule has 0 unspecified atom stereocenters. The van der Waals surface area contributed by atoms with E-state index in [0.29, 0.717) is 0 Å². The molecule has 298 valence electrons. The summed E-state index contributed by atoms with van der Waals surface area (Å²) in [5.41, 5.74) is 16.1. The summed E-state index contributed by atoms with van der Waals surface area (Å²) in [6.45, 7) is 0. The highest BCUT2D eigenvalue weighted by molar-refractivity contribution is 6.14. The average Bonchev–Trinajstić information content (AvgIpc) is 3.36. The Morgan fingerprint density at radius 2 is 0.905 bits per heavy atom. The molecule has 12 rings (SSSR count). The lowest BCUT2D eigenvalue weighted by molar-refractivity contribution is 0.685. The van der Waals surface area contributed by atoms with Crippen molar-refractivity contribution in [2.24, 2.45) is 0 Å². The fourth-order valence-electron chi connectivity index (χ4n) is 10.3. The van der Waals surface area contributed by atoms with Crippen LogP contribution in [0.3, 0.4) is 0 Å². The first-order valence-electron chi connectivity index (χ1n) is 22.4. The summed E-state index contributed by atoms with van der Waals surface area (Å²) in [6, 6.07) is 83.6. The molecular formula is C62H45N. The van der Waals surface area contributed by atoms with Gasteiger partial charge in [-0.25, -0.2) is 0 Å². The van der Waals surface area contributed by atoms with E-state index in [0.717, 1.165) is 24.2 Å². The number of aryl methyl sites for hydroxylation is 2. The van der Waals surface area contributed by atoms with Crippen molar-refractivity contribution < 1.29 is 0 Å². The van der Waals surface area contributed by atoms with Gasteiger partial charge in [0.25, 0.3) is 0 Å². The molecule has 0 bridgehead atoms. The fraction of sp³-hybridized carbons (Fsp3) is 0.0645. The van der Waals surface area contributed by atoms with E-state index in [-0.39, 0.29) is 0 Å². The third kappa shape index (κ3) is 6.56. The maximum absolute atomic E-state index is 2.57. The van der Waals surface area contributed by atoms with E-state index in [1.165, 1.54) is 117 Å². The molecule has 0 aliphatic heterocycles. The zero-order valence-corrected chi connectivity index (χ0v) is 35.1. The Morgan fingerprint density at radius 1 is 0.270 bits per heavy atom. The van der Waals surface area contributed by atoms with Gasteiger partial charge in [0.05, 0.1) is 11.4 Å². The van der Waals surface area contributed by atoms with Crippen LogP contribution in [0, 0.1) is 0 Å². The van der Waals surface area contributed by atoms with Crippen LogP contribution in [-0.2, 0) is 12.8 Å². The molecular weight excluding hydrogens is 759 g/mol. The van der Waals surface area contributed by atoms with Gasteiger partial charge in [-0.15, -0.1) is 0 Å². The van der Waals surface area contributed by atoms with E-state index in [1.807, 2.05) is 0 Å².